The van der Waals surface area contributed by atoms with E-state index in [0.29, 0.717) is 0 Å². The van der Waals surface area contributed by atoms with Crippen LogP contribution in [0.5, 0.6) is 0 Å². The summed E-state index contributed by atoms with van der Waals surface area (Å²) in [5, 5.41) is 7.74. The molecule has 0 aliphatic rings. The summed E-state index contributed by atoms with van der Waals surface area (Å²) in [7, 11) is 1.92. The predicted molar refractivity (Wildman–Crippen MR) is 42.3 cm³/mol. The van der Waals surface area contributed by atoms with E-state index in [0.717, 1.165) is 12.4 Å². The third kappa shape index (κ3) is 1.20. The maximum Gasteiger partial charge on any atom is 0.152 e. The van der Waals surface area contributed by atoms with E-state index in [9.17, 15) is 0 Å². The molecular formula is C7H9N5. The first-order valence-electron chi connectivity index (χ1n) is 3.65. The molecule has 0 aliphatic carbocycles. The van der Waals surface area contributed by atoms with Crippen LogP contribution in [0.3, 0.4) is 0 Å². The SMILES string of the molecule is Cn1cnnc1Cn1ccnc1. The Morgan fingerprint density at radius 3 is 2.92 bits per heavy atom. The van der Waals surface area contributed by atoms with E-state index in [2.05, 4.69) is 15.2 Å². The second-order valence-electron chi connectivity index (χ2n) is 2.59. The average molecular weight is 163 g/mol. The van der Waals surface area contributed by atoms with Gasteiger partial charge in [0.05, 0.1) is 12.9 Å². The lowest BCUT2D eigenvalue weighted by molar-refractivity contribution is 0.697. The topological polar surface area (TPSA) is 48.5 Å². The van der Waals surface area contributed by atoms with Gasteiger partial charge in [-0.25, -0.2) is 4.98 Å². The standard InChI is InChI=1S/C7H9N5/c1-11-6-9-10-7(11)4-12-3-2-8-5-12/h2-3,5-6H,4H2,1H3. The smallest absolute Gasteiger partial charge is 0.152 e. The highest BCUT2D eigenvalue weighted by molar-refractivity contribution is 4.87. The second kappa shape index (κ2) is 2.77. The summed E-state index contributed by atoms with van der Waals surface area (Å²) in [5.74, 6) is 0.924. The van der Waals surface area contributed by atoms with Gasteiger partial charge in [0.1, 0.15) is 6.33 Å². The van der Waals surface area contributed by atoms with Crippen molar-refractivity contribution in [3.63, 3.8) is 0 Å². The highest BCUT2D eigenvalue weighted by Gasteiger charge is 1.99. The lowest BCUT2D eigenvalue weighted by Gasteiger charge is -1.99. The van der Waals surface area contributed by atoms with Gasteiger partial charge >= 0.3 is 0 Å². The van der Waals surface area contributed by atoms with Crippen molar-refractivity contribution in [1.82, 2.24) is 24.3 Å². The van der Waals surface area contributed by atoms with Gasteiger partial charge < -0.3 is 9.13 Å². The number of aryl methyl sites for hydroxylation is 1. The predicted octanol–water partition coefficient (Wildman–Crippen LogP) is 0.0599. The summed E-state index contributed by atoms with van der Waals surface area (Å²) in [4.78, 5) is 3.94. The maximum atomic E-state index is 3.96. The van der Waals surface area contributed by atoms with E-state index in [1.807, 2.05) is 22.4 Å². The van der Waals surface area contributed by atoms with E-state index in [4.69, 9.17) is 0 Å². The maximum absolute atomic E-state index is 3.96. The van der Waals surface area contributed by atoms with Crippen molar-refractivity contribution in [3.05, 3.63) is 30.9 Å². The molecule has 0 N–H and O–H groups in total. The fourth-order valence-electron chi connectivity index (χ4n) is 0.994. The Morgan fingerprint density at radius 1 is 1.42 bits per heavy atom. The Morgan fingerprint density at radius 2 is 2.33 bits per heavy atom. The molecule has 62 valence electrons. The highest BCUT2D eigenvalue weighted by atomic mass is 15.3. The summed E-state index contributed by atoms with van der Waals surface area (Å²) in [6.07, 6.45) is 7.09. The first-order chi connectivity index (χ1) is 5.86. The Hall–Kier alpha value is -1.65. The molecule has 0 amide bonds. The number of aromatic nitrogens is 5. The van der Waals surface area contributed by atoms with Crippen molar-refractivity contribution in [1.29, 1.82) is 0 Å². The van der Waals surface area contributed by atoms with Crippen LogP contribution in [0, 0.1) is 0 Å². The molecule has 0 spiro atoms. The molecule has 0 bridgehead atoms. The third-order valence-electron chi connectivity index (χ3n) is 1.69. The van der Waals surface area contributed by atoms with Crippen LogP contribution >= 0.6 is 0 Å². The Labute approximate surface area is 69.7 Å². The highest BCUT2D eigenvalue weighted by Crippen LogP contribution is 1.95. The molecule has 0 atom stereocenters. The molecule has 5 nitrogen and oxygen atoms in total. The van der Waals surface area contributed by atoms with Crippen molar-refractivity contribution >= 4 is 0 Å². The van der Waals surface area contributed by atoms with Gasteiger partial charge in [-0.2, -0.15) is 0 Å². The van der Waals surface area contributed by atoms with Gasteiger partial charge in [-0.05, 0) is 0 Å². The van der Waals surface area contributed by atoms with E-state index in [1.165, 1.54) is 0 Å². The summed E-state index contributed by atoms with van der Waals surface area (Å²) in [5.41, 5.74) is 0. The molecule has 0 saturated carbocycles. The number of nitrogens with zero attached hydrogens (tertiary/aromatic N) is 5. The van der Waals surface area contributed by atoms with Gasteiger partial charge in [-0.3, -0.25) is 0 Å². The first-order valence-corrected chi connectivity index (χ1v) is 3.65. The minimum absolute atomic E-state index is 0.719. The van der Waals surface area contributed by atoms with Crippen molar-refractivity contribution in [2.75, 3.05) is 0 Å². The fraction of sp³-hybridized carbons (Fsp3) is 0.286. The van der Waals surface area contributed by atoms with Crippen LogP contribution in [0.1, 0.15) is 5.82 Å². The molecule has 0 radical (unpaired) electrons. The molecule has 2 aromatic heterocycles. The Kier molecular flexibility index (Phi) is 1.62. The molecule has 0 saturated heterocycles. The number of hydrogen-bond donors (Lipinski definition) is 0. The fourth-order valence-corrected chi connectivity index (χ4v) is 0.994. The zero-order valence-electron chi connectivity index (χ0n) is 6.75. The van der Waals surface area contributed by atoms with Gasteiger partial charge in [0, 0.05) is 19.4 Å². The van der Waals surface area contributed by atoms with Crippen LogP contribution < -0.4 is 0 Å². The monoisotopic (exact) mass is 163 g/mol. The lowest BCUT2D eigenvalue weighted by atomic mass is 10.6. The summed E-state index contributed by atoms with van der Waals surface area (Å²) in [6.45, 7) is 0.719. The van der Waals surface area contributed by atoms with E-state index in [1.54, 1.807) is 18.9 Å². The molecule has 0 aromatic carbocycles. The van der Waals surface area contributed by atoms with Crippen molar-refractivity contribution < 1.29 is 0 Å². The number of hydrogen-bond acceptors (Lipinski definition) is 3. The molecule has 5 heteroatoms. The van der Waals surface area contributed by atoms with Gasteiger partial charge in [-0.15, -0.1) is 10.2 Å². The quantitative estimate of drug-likeness (QED) is 0.629. The molecule has 0 aliphatic heterocycles. The Balaban J connectivity index is 2.20. The molecule has 2 aromatic rings. The summed E-state index contributed by atoms with van der Waals surface area (Å²) < 4.78 is 3.84. The minimum Gasteiger partial charge on any atom is -0.330 e. The average Bonchev–Trinajstić information content (AvgIpc) is 2.65. The normalized spacial score (nSPS) is 10.4. The van der Waals surface area contributed by atoms with E-state index in [-0.39, 0.29) is 0 Å². The third-order valence-corrected chi connectivity index (χ3v) is 1.69. The zero-order chi connectivity index (χ0) is 8.39. The minimum atomic E-state index is 0.719. The van der Waals surface area contributed by atoms with Crippen LogP contribution in [-0.4, -0.2) is 24.3 Å². The van der Waals surface area contributed by atoms with Crippen LogP contribution in [0.2, 0.25) is 0 Å². The first kappa shape index (κ1) is 7.02. The van der Waals surface area contributed by atoms with Crippen molar-refractivity contribution in [2.45, 2.75) is 6.54 Å². The molecular weight excluding hydrogens is 154 g/mol. The van der Waals surface area contributed by atoms with Gasteiger partial charge in [0.15, 0.2) is 5.82 Å². The van der Waals surface area contributed by atoms with Crippen LogP contribution in [-0.2, 0) is 13.6 Å². The largest absolute Gasteiger partial charge is 0.330 e. The van der Waals surface area contributed by atoms with Gasteiger partial charge in [0.2, 0.25) is 0 Å². The molecule has 2 heterocycles. The molecule has 2 rings (SSSR count). The number of rotatable bonds is 2. The van der Waals surface area contributed by atoms with Crippen LogP contribution in [0.15, 0.2) is 25.0 Å². The molecule has 0 fully saturated rings. The van der Waals surface area contributed by atoms with E-state index < -0.39 is 0 Å². The van der Waals surface area contributed by atoms with Crippen LogP contribution in [0.4, 0.5) is 0 Å². The zero-order valence-corrected chi connectivity index (χ0v) is 6.75. The summed E-state index contributed by atoms with van der Waals surface area (Å²) >= 11 is 0. The van der Waals surface area contributed by atoms with Crippen molar-refractivity contribution in [2.24, 2.45) is 7.05 Å². The Bertz CT molecular complexity index is 348. The summed E-state index contributed by atoms with van der Waals surface area (Å²) in [6, 6.07) is 0. The van der Waals surface area contributed by atoms with Crippen molar-refractivity contribution in [3.8, 4) is 0 Å². The number of imidazole rings is 1. The van der Waals surface area contributed by atoms with Gasteiger partial charge in [-0.1, -0.05) is 0 Å². The van der Waals surface area contributed by atoms with Gasteiger partial charge in [0.25, 0.3) is 0 Å². The molecule has 0 unspecified atom stereocenters. The second-order valence-corrected chi connectivity index (χ2v) is 2.59. The molecule has 12 heavy (non-hydrogen) atoms. The lowest BCUT2D eigenvalue weighted by Crippen LogP contribution is -2.03. The van der Waals surface area contributed by atoms with E-state index >= 15 is 0 Å². The van der Waals surface area contributed by atoms with Crippen LogP contribution in [0.25, 0.3) is 0 Å².